The highest BCUT2D eigenvalue weighted by Gasteiger charge is 2.08. The maximum absolute atomic E-state index is 9.94. The Kier molecular flexibility index (Phi) is 5.26. The zero-order valence-electron chi connectivity index (χ0n) is 10.1. The van der Waals surface area contributed by atoms with Crippen molar-refractivity contribution in [2.45, 2.75) is 26.9 Å². The molecule has 3 heteroatoms. The Balaban J connectivity index is 2.52. The fraction of sp³-hybridized carbons (Fsp3) is 0.538. The van der Waals surface area contributed by atoms with Gasteiger partial charge in [-0.05, 0) is 36.6 Å². The van der Waals surface area contributed by atoms with Crippen LogP contribution in [0.1, 0.15) is 31.1 Å². The Bertz CT molecular complexity index is 339. The first-order valence-electron chi connectivity index (χ1n) is 5.65. The van der Waals surface area contributed by atoms with Gasteiger partial charge in [-0.25, -0.2) is 0 Å². The highest BCUT2D eigenvalue weighted by Crippen LogP contribution is 2.20. The molecule has 0 aliphatic carbocycles. The van der Waals surface area contributed by atoms with Gasteiger partial charge in [0.25, 0.3) is 0 Å². The summed E-state index contributed by atoms with van der Waals surface area (Å²) in [5.41, 5.74) is 1.92. The van der Waals surface area contributed by atoms with Crippen molar-refractivity contribution >= 4 is 11.6 Å². The van der Waals surface area contributed by atoms with E-state index in [0.717, 1.165) is 22.7 Å². The molecule has 2 N–H and O–H groups in total. The van der Waals surface area contributed by atoms with Crippen LogP contribution in [0, 0.1) is 12.8 Å². The lowest BCUT2D eigenvalue weighted by molar-refractivity contribution is 0.173. The van der Waals surface area contributed by atoms with Crippen LogP contribution >= 0.6 is 11.6 Å². The van der Waals surface area contributed by atoms with E-state index < -0.39 is 6.10 Å². The summed E-state index contributed by atoms with van der Waals surface area (Å²) in [4.78, 5) is 0. The molecule has 1 rings (SSSR count). The van der Waals surface area contributed by atoms with Gasteiger partial charge in [-0.2, -0.15) is 0 Å². The van der Waals surface area contributed by atoms with E-state index in [0.29, 0.717) is 12.5 Å². The average molecular weight is 242 g/mol. The zero-order chi connectivity index (χ0) is 12.1. The summed E-state index contributed by atoms with van der Waals surface area (Å²) < 4.78 is 0. The van der Waals surface area contributed by atoms with Crippen LogP contribution in [-0.2, 0) is 0 Å². The smallest absolute Gasteiger partial charge is 0.0914 e. The number of rotatable bonds is 5. The van der Waals surface area contributed by atoms with Gasteiger partial charge in [0.05, 0.1) is 6.10 Å². The summed E-state index contributed by atoms with van der Waals surface area (Å²) in [6, 6.07) is 5.64. The van der Waals surface area contributed by atoms with Crippen molar-refractivity contribution in [3.8, 4) is 0 Å². The van der Waals surface area contributed by atoms with Crippen LogP contribution in [0.3, 0.4) is 0 Å². The first kappa shape index (κ1) is 13.5. The third kappa shape index (κ3) is 4.12. The predicted molar refractivity (Wildman–Crippen MR) is 68.9 cm³/mol. The molecule has 0 fully saturated rings. The standard InChI is InChI=1S/C13H20ClNO/c1-9(2)7-15-8-13(16)11-4-5-12(14)10(3)6-11/h4-6,9,13,15-16H,7-8H2,1-3H3. The van der Waals surface area contributed by atoms with Crippen LogP contribution in [0.2, 0.25) is 5.02 Å². The Morgan fingerprint density at radius 2 is 2.00 bits per heavy atom. The van der Waals surface area contributed by atoms with Crippen LogP contribution in [0.15, 0.2) is 18.2 Å². The molecule has 0 saturated carbocycles. The molecule has 0 spiro atoms. The molecule has 0 saturated heterocycles. The second-order valence-corrected chi connectivity index (χ2v) is 4.98. The number of benzene rings is 1. The molecule has 0 heterocycles. The van der Waals surface area contributed by atoms with E-state index in [1.54, 1.807) is 0 Å². The lowest BCUT2D eigenvalue weighted by Crippen LogP contribution is -2.25. The Labute approximate surface area is 103 Å². The van der Waals surface area contributed by atoms with Gasteiger partial charge in [0, 0.05) is 11.6 Å². The summed E-state index contributed by atoms with van der Waals surface area (Å²) >= 11 is 5.93. The van der Waals surface area contributed by atoms with Gasteiger partial charge in [0.15, 0.2) is 0 Å². The zero-order valence-corrected chi connectivity index (χ0v) is 10.9. The van der Waals surface area contributed by atoms with Gasteiger partial charge in [-0.1, -0.05) is 37.6 Å². The van der Waals surface area contributed by atoms with E-state index in [1.807, 2.05) is 25.1 Å². The molecular weight excluding hydrogens is 222 g/mol. The molecule has 0 aliphatic rings. The van der Waals surface area contributed by atoms with Crippen molar-refractivity contribution in [2.75, 3.05) is 13.1 Å². The normalized spacial score (nSPS) is 13.1. The molecular formula is C13H20ClNO. The van der Waals surface area contributed by atoms with Crippen LogP contribution in [0.4, 0.5) is 0 Å². The molecule has 16 heavy (non-hydrogen) atoms. The molecule has 0 aromatic heterocycles. The maximum Gasteiger partial charge on any atom is 0.0914 e. The third-order valence-electron chi connectivity index (χ3n) is 2.46. The van der Waals surface area contributed by atoms with Crippen molar-refractivity contribution < 1.29 is 5.11 Å². The van der Waals surface area contributed by atoms with Crippen molar-refractivity contribution in [1.29, 1.82) is 0 Å². The van der Waals surface area contributed by atoms with Gasteiger partial charge in [-0.15, -0.1) is 0 Å². The first-order valence-corrected chi connectivity index (χ1v) is 6.03. The Morgan fingerprint density at radius 1 is 1.31 bits per heavy atom. The van der Waals surface area contributed by atoms with Crippen LogP contribution in [0.25, 0.3) is 0 Å². The van der Waals surface area contributed by atoms with Gasteiger partial charge < -0.3 is 10.4 Å². The van der Waals surface area contributed by atoms with E-state index in [2.05, 4.69) is 19.2 Å². The van der Waals surface area contributed by atoms with Crippen LogP contribution in [0.5, 0.6) is 0 Å². The molecule has 1 aromatic carbocycles. The minimum Gasteiger partial charge on any atom is -0.387 e. The minimum atomic E-state index is -0.463. The lowest BCUT2D eigenvalue weighted by atomic mass is 10.1. The summed E-state index contributed by atoms with van der Waals surface area (Å²) in [5.74, 6) is 0.596. The van der Waals surface area contributed by atoms with Crippen molar-refractivity contribution in [3.63, 3.8) is 0 Å². The number of aryl methyl sites for hydroxylation is 1. The summed E-state index contributed by atoms with van der Waals surface area (Å²) in [6.45, 7) is 7.74. The quantitative estimate of drug-likeness (QED) is 0.831. The van der Waals surface area contributed by atoms with E-state index in [1.165, 1.54) is 0 Å². The Hall–Kier alpha value is -0.570. The summed E-state index contributed by atoms with van der Waals surface area (Å²) in [7, 11) is 0. The molecule has 1 atom stereocenters. The maximum atomic E-state index is 9.94. The van der Waals surface area contributed by atoms with E-state index in [9.17, 15) is 5.11 Å². The molecule has 0 amide bonds. The number of nitrogens with one attached hydrogen (secondary N) is 1. The van der Waals surface area contributed by atoms with Crippen LogP contribution in [-0.4, -0.2) is 18.2 Å². The molecule has 0 radical (unpaired) electrons. The van der Waals surface area contributed by atoms with E-state index >= 15 is 0 Å². The first-order chi connectivity index (χ1) is 7.50. The summed E-state index contributed by atoms with van der Waals surface area (Å²) in [6.07, 6.45) is -0.463. The van der Waals surface area contributed by atoms with Gasteiger partial charge in [-0.3, -0.25) is 0 Å². The number of aliphatic hydroxyl groups excluding tert-OH is 1. The second kappa shape index (κ2) is 6.24. The molecule has 1 aromatic rings. The minimum absolute atomic E-state index is 0.463. The fourth-order valence-corrected chi connectivity index (χ4v) is 1.62. The van der Waals surface area contributed by atoms with Gasteiger partial charge in [0.2, 0.25) is 0 Å². The lowest BCUT2D eigenvalue weighted by Gasteiger charge is -2.14. The predicted octanol–water partition coefficient (Wildman–Crippen LogP) is 2.93. The van der Waals surface area contributed by atoms with E-state index in [4.69, 9.17) is 11.6 Å². The summed E-state index contributed by atoms with van der Waals surface area (Å²) in [5, 5.41) is 13.9. The number of halogens is 1. The molecule has 90 valence electrons. The monoisotopic (exact) mass is 241 g/mol. The number of aliphatic hydroxyl groups is 1. The van der Waals surface area contributed by atoms with Crippen molar-refractivity contribution in [3.05, 3.63) is 34.3 Å². The highest BCUT2D eigenvalue weighted by atomic mass is 35.5. The molecule has 1 unspecified atom stereocenters. The van der Waals surface area contributed by atoms with Gasteiger partial charge >= 0.3 is 0 Å². The Morgan fingerprint density at radius 3 is 2.56 bits per heavy atom. The third-order valence-corrected chi connectivity index (χ3v) is 2.88. The number of hydrogen-bond donors (Lipinski definition) is 2. The van der Waals surface area contributed by atoms with Crippen molar-refractivity contribution in [1.82, 2.24) is 5.32 Å². The fourth-order valence-electron chi connectivity index (χ4n) is 1.50. The van der Waals surface area contributed by atoms with Crippen LogP contribution < -0.4 is 5.32 Å². The average Bonchev–Trinajstić information content (AvgIpc) is 2.21. The van der Waals surface area contributed by atoms with E-state index in [-0.39, 0.29) is 0 Å². The second-order valence-electron chi connectivity index (χ2n) is 4.58. The van der Waals surface area contributed by atoms with Crippen molar-refractivity contribution in [2.24, 2.45) is 5.92 Å². The molecule has 0 bridgehead atoms. The highest BCUT2D eigenvalue weighted by molar-refractivity contribution is 6.31. The molecule has 0 aliphatic heterocycles. The SMILES string of the molecule is Cc1cc(C(O)CNCC(C)C)ccc1Cl. The topological polar surface area (TPSA) is 32.3 Å². The largest absolute Gasteiger partial charge is 0.387 e. The molecule has 2 nitrogen and oxygen atoms in total. The number of hydrogen-bond acceptors (Lipinski definition) is 2. The van der Waals surface area contributed by atoms with Gasteiger partial charge in [0.1, 0.15) is 0 Å².